The van der Waals surface area contributed by atoms with E-state index in [1.807, 2.05) is 6.08 Å². The summed E-state index contributed by atoms with van der Waals surface area (Å²) < 4.78 is 4.88. The van der Waals surface area contributed by atoms with Crippen molar-refractivity contribution in [2.45, 2.75) is 31.6 Å². The molecule has 2 nitrogen and oxygen atoms in total. The van der Waals surface area contributed by atoms with E-state index < -0.39 is 0 Å². The molecule has 1 aromatic rings. The monoisotopic (exact) mass is 282 g/mol. The van der Waals surface area contributed by atoms with Gasteiger partial charge in [-0.25, -0.2) is 4.79 Å². The number of carbonyl (C=O) groups is 1. The van der Waals surface area contributed by atoms with Crippen molar-refractivity contribution in [2.75, 3.05) is 7.11 Å². The highest BCUT2D eigenvalue weighted by atomic mass is 16.5. The van der Waals surface area contributed by atoms with Crippen LogP contribution in [-0.4, -0.2) is 13.1 Å². The van der Waals surface area contributed by atoms with Gasteiger partial charge < -0.3 is 4.74 Å². The second kappa shape index (κ2) is 5.01. The van der Waals surface area contributed by atoms with Crippen molar-refractivity contribution < 1.29 is 9.53 Å². The van der Waals surface area contributed by atoms with Crippen LogP contribution in [0.3, 0.4) is 0 Å². The Bertz CT molecular complexity index is 574. The summed E-state index contributed by atoms with van der Waals surface area (Å²) in [5, 5.41) is 0. The molecule has 5 unspecified atom stereocenters. The maximum Gasteiger partial charge on any atom is 0.330 e. The summed E-state index contributed by atoms with van der Waals surface area (Å²) >= 11 is 0. The summed E-state index contributed by atoms with van der Waals surface area (Å²) in [6.07, 6.45) is 7.00. The zero-order valence-electron chi connectivity index (χ0n) is 12.5. The Labute approximate surface area is 126 Å². The Morgan fingerprint density at radius 2 is 1.95 bits per heavy atom. The molecule has 0 radical (unpaired) electrons. The first-order valence-electron chi connectivity index (χ1n) is 8.10. The standard InChI is InChI=1S/C19H22O2/c1-21-18(20)11-16-14-7-12-8-15(10-14)19(17(16)9-12)13-5-3-2-4-6-13/h2-6,11-12,14-15,17,19H,7-10H2,1H3/b16-11-. The van der Waals surface area contributed by atoms with Crippen LogP contribution in [0.2, 0.25) is 0 Å². The number of hydrogen-bond donors (Lipinski definition) is 0. The number of methoxy groups -OCH3 is 1. The Morgan fingerprint density at radius 1 is 1.14 bits per heavy atom. The molecule has 4 fully saturated rings. The van der Waals surface area contributed by atoms with Gasteiger partial charge in [-0.3, -0.25) is 0 Å². The molecule has 2 heteroatoms. The third-order valence-corrected chi connectivity index (χ3v) is 5.94. The van der Waals surface area contributed by atoms with Crippen LogP contribution in [0, 0.1) is 23.7 Å². The van der Waals surface area contributed by atoms with E-state index >= 15 is 0 Å². The van der Waals surface area contributed by atoms with Gasteiger partial charge in [-0.15, -0.1) is 0 Å². The van der Waals surface area contributed by atoms with Gasteiger partial charge in [0.25, 0.3) is 0 Å². The van der Waals surface area contributed by atoms with Crippen LogP contribution in [0.15, 0.2) is 42.0 Å². The lowest BCUT2D eigenvalue weighted by molar-refractivity contribution is -0.135. The third kappa shape index (κ3) is 2.12. The molecule has 0 saturated heterocycles. The maximum absolute atomic E-state index is 11.7. The first-order valence-corrected chi connectivity index (χ1v) is 8.10. The van der Waals surface area contributed by atoms with Crippen molar-refractivity contribution in [1.29, 1.82) is 0 Å². The van der Waals surface area contributed by atoms with Crippen molar-refractivity contribution in [3.05, 3.63) is 47.5 Å². The zero-order chi connectivity index (χ0) is 14.4. The predicted molar refractivity (Wildman–Crippen MR) is 81.7 cm³/mol. The average molecular weight is 282 g/mol. The van der Waals surface area contributed by atoms with Crippen molar-refractivity contribution in [3.63, 3.8) is 0 Å². The van der Waals surface area contributed by atoms with E-state index in [0.29, 0.717) is 17.8 Å². The molecule has 0 N–H and O–H groups in total. The molecule has 4 bridgehead atoms. The van der Waals surface area contributed by atoms with E-state index in [4.69, 9.17) is 4.74 Å². The molecule has 4 saturated carbocycles. The van der Waals surface area contributed by atoms with Crippen molar-refractivity contribution in [3.8, 4) is 0 Å². The molecule has 0 amide bonds. The van der Waals surface area contributed by atoms with Crippen LogP contribution in [-0.2, 0) is 9.53 Å². The Morgan fingerprint density at radius 3 is 2.71 bits per heavy atom. The van der Waals surface area contributed by atoms with Crippen molar-refractivity contribution >= 4 is 5.97 Å². The number of rotatable bonds is 2. The second-order valence-electron chi connectivity index (χ2n) is 6.98. The fourth-order valence-corrected chi connectivity index (χ4v) is 5.32. The van der Waals surface area contributed by atoms with Crippen LogP contribution < -0.4 is 0 Å². The molecule has 0 aliphatic heterocycles. The van der Waals surface area contributed by atoms with Gasteiger partial charge in [0, 0.05) is 6.08 Å². The first-order chi connectivity index (χ1) is 10.3. The molecule has 21 heavy (non-hydrogen) atoms. The molecular weight excluding hydrogens is 260 g/mol. The number of allylic oxidation sites excluding steroid dienone is 1. The lowest BCUT2D eigenvalue weighted by atomic mass is 9.49. The summed E-state index contributed by atoms with van der Waals surface area (Å²) in [6.45, 7) is 0. The molecule has 4 aliphatic carbocycles. The molecule has 0 heterocycles. The summed E-state index contributed by atoms with van der Waals surface area (Å²) in [6, 6.07) is 10.9. The van der Waals surface area contributed by atoms with Crippen LogP contribution in [0.1, 0.15) is 37.2 Å². The summed E-state index contributed by atoms with van der Waals surface area (Å²) in [4.78, 5) is 11.7. The van der Waals surface area contributed by atoms with Crippen LogP contribution in [0.5, 0.6) is 0 Å². The SMILES string of the molecule is COC(=O)/C=C1/C2CC3CC(C2)C(c2ccccc2)C1C3. The molecule has 0 aromatic heterocycles. The number of esters is 1. The van der Waals surface area contributed by atoms with Gasteiger partial charge >= 0.3 is 5.97 Å². The second-order valence-corrected chi connectivity index (χ2v) is 6.98. The van der Waals surface area contributed by atoms with E-state index in [2.05, 4.69) is 30.3 Å². The Balaban J connectivity index is 1.73. The summed E-state index contributed by atoms with van der Waals surface area (Å²) in [5.74, 6) is 3.31. The van der Waals surface area contributed by atoms with E-state index in [1.165, 1.54) is 43.9 Å². The molecule has 1 aromatic carbocycles. The molecular formula is C19H22O2. The normalized spacial score (nSPS) is 38.7. The molecule has 5 rings (SSSR count). The Hall–Kier alpha value is -1.57. The van der Waals surface area contributed by atoms with E-state index in [0.717, 1.165) is 11.8 Å². The van der Waals surface area contributed by atoms with Gasteiger partial charge in [0.2, 0.25) is 0 Å². The van der Waals surface area contributed by atoms with Gasteiger partial charge in [0.15, 0.2) is 0 Å². The average Bonchev–Trinajstić information content (AvgIpc) is 2.51. The van der Waals surface area contributed by atoms with Crippen molar-refractivity contribution in [2.24, 2.45) is 23.7 Å². The fourth-order valence-electron chi connectivity index (χ4n) is 5.32. The van der Waals surface area contributed by atoms with E-state index in [1.54, 1.807) is 0 Å². The first kappa shape index (κ1) is 13.1. The highest BCUT2D eigenvalue weighted by Crippen LogP contribution is 2.61. The largest absolute Gasteiger partial charge is 0.466 e. The van der Waals surface area contributed by atoms with Gasteiger partial charge in [0.05, 0.1) is 7.11 Å². The molecule has 0 spiro atoms. The molecule has 5 atom stereocenters. The topological polar surface area (TPSA) is 26.3 Å². The van der Waals surface area contributed by atoms with Gasteiger partial charge in [0.1, 0.15) is 0 Å². The summed E-state index contributed by atoms with van der Waals surface area (Å²) in [5.41, 5.74) is 2.84. The predicted octanol–water partition coefficient (Wildman–Crippen LogP) is 3.94. The van der Waals surface area contributed by atoms with E-state index in [9.17, 15) is 4.79 Å². The van der Waals surface area contributed by atoms with Crippen LogP contribution >= 0.6 is 0 Å². The van der Waals surface area contributed by atoms with Crippen LogP contribution in [0.4, 0.5) is 0 Å². The molecule has 4 aliphatic rings. The Kier molecular flexibility index (Phi) is 3.13. The number of carbonyl (C=O) groups excluding carboxylic acids is 1. The maximum atomic E-state index is 11.7. The van der Waals surface area contributed by atoms with Gasteiger partial charge in [-0.1, -0.05) is 35.9 Å². The number of ether oxygens (including phenoxy) is 1. The van der Waals surface area contributed by atoms with Crippen molar-refractivity contribution in [1.82, 2.24) is 0 Å². The number of benzene rings is 1. The minimum absolute atomic E-state index is 0.177. The number of hydrogen-bond acceptors (Lipinski definition) is 2. The summed E-state index contributed by atoms with van der Waals surface area (Å²) in [7, 11) is 1.48. The minimum atomic E-state index is -0.177. The third-order valence-electron chi connectivity index (χ3n) is 5.94. The molecule has 110 valence electrons. The van der Waals surface area contributed by atoms with Gasteiger partial charge in [-0.05, 0) is 60.8 Å². The quantitative estimate of drug-likeness (QED) is 0.607. The van der Waals surface area contributed by atoms with Gasteiger partial charge in [-0.2, -0.15) is 0 Å². The lowest BCUT2D eigenvalue weighted by Crippen LogP contribution is -2.45. The lowest BCUT2D eigenvalue weighted by Gasteiger charge is -2.56. The highest BCUT2D eigenvalue weighted by Gasteiger charge is 2.51. The van der Waals surface area contributed by atoms with Crippen LogP contribution in [0.25, 0.3) is 0 Å². The minimum Gasteiger partial charge on any atom is -0.466 e. The smallest absolute Gasteiger partial charge is 0.330 e. The highest BCUT2D eigenvalue weighted by molar-refractivity contribution is 5.83. The zero-order valence-corrected chi connectivity index (χ0v) is 12.5. The van der Waals surface area contributed by atoms with E-state index in [-0.39, 0.29) is 5.97 Å². The fraction of sp³-hybridized carbons (Fsp3) is 0.526.